The second-order valence-corrected chi connectivity index (χ2v) is 11.8. The van der Waals surface area contributed by atoms with Crippen LogP contribution in [0.4, 0.5) is 0 Å². The Morgan fingerprint density at radius 1 is 0.641 bits per heavy atom. The van der Waals surface area contributed by atoms with Gasteiger partial charge in [0.25, 0.3) is 0 Å². The summed E-state index contributed by atoms with van der Waals surface area (Å²) in [5.74, 6) is 0.380. The average molecular weight is 539 g/mol. The van der Waals surface area contributed by atoms with Gasteiger partial charge in [0.05, 0.1) is 37.8 Å². The van der Waals surface area contributed by atoms with Gasteiger partial charge in [0, 0.05) is 42.6 Å². The largest absolute Gasteiger partial charge is 0.276 e. The van der Waals surface area contributed by atoms with Gasteiger partial charge in [0.2, 0.25) is 5.95 Å². The summed E-state index contributed by atoms with van der Waals surface area (Å²) in [6.45, 7) is 0. The predicted molar refractivity (Wildman–Crippen MR) is 168 cm³/mol. The van der Waals surface area contributed by atoms with E-state index >= 15 is 0 Å². The first-order valence-electron chi connectivity index (χ1n) is 15.0. The van der Waals surface area contributed by atoms with Crippen molar-refractivity contribution in [3.05, 3.63) is 115 Å². The quantitative estimate of drug-likeness (QED) is 0.219. The van der Waals surface area contributed by atoms with E-state index in [4.69, 9.17) is 16.8 Å². The number of rotatable bonds is 2. The van der Waals surface area contributed by atoms with E-state index in [0.29, 0.717) is 22.5 Å². The number of hydrogen-bond acceptors (Lipinski definition) is 4. The van der Waals surface area contributed by atoms with Gasteiger partial charge in [-0.05, 0) is 18.2 Å². The van der Waals surface area contributed by atoms with Crippen molar-refractivity contribution >= 4 is 85.0 Å². The molecule has 0 unspecified atom stereocenters. The summed E-state index contributed by atoms with van der Waals surface area (Å²) in [4.78, 5) is 10.1. The number of aromatic nitrogens is 3. The molecule has 4 heterocycles. The normalized spacial score (nSPS) is 13.9. The summed E-state index contributed by atoms with van der Waals surface area (Å²) < 4.78 is 48.0. The minimum Gasteiger partial charge on any atom is -0.276 e. The number of para-hydroxylation sites is 2. The maximum atomic E-state index is 8.74. The molecule has 5 aromatic carbocycles. The first-order chi connectivity index (χ1) is 21.4. The zero-order valence-corrected chi connectivity index (χ0v) is 21.9. The van der Waals surface area contributed by atoms with Gasteiger partial charge in [-0.25, -0.2) is 9.97 Å². The van der Waals surface area contributed by atoms with Crippen molar-refractivity contribution in [2.45, 2.75) is 0 Å². The van der Waals surface area contributed by atoms with Gasteiger partial charge in [-0.15, -0.1) is 22.7 Å². The second-order valence-electron chi connectivity index (χ2n) is 9.44. The first kappa shape index (κ1) is 17.1. The highest BCUT2D eigenvalue weighted by atomic mass is 32.2. The molecule has 0 bridgehead atoms. The molecule has 0 amide bonds. The third-order valence-corrected chi connectivity index (χ3v) is 9.82. The smallest absolute Gasteiger partial charge is 0.235 e. The summed E-state index contributed by atoms with van der Waals surface area (Å²) in [6, 6.07) is 26.7. The van der Waals surface area contributed by atoms with Gasteiger partial charge >= 0.3 is 0 Å². The van der Waals surface area contributed by atoms with E-state index in [9.17, 15) is 0 Å². The van der Waals surface area contributed by atoms with Gasteiger partial charge in [0.15, 0.2) is 0 Å². The molecule has 3 nitrogen and oxygen atoms in total. The van der Waals surface area contributed by atoms with E-state index < -0.39 is 18.1 Å². The van der Waals surface area contributed by atoms with Crippen molar-refractivity contribution in [1.82, 2.24) is 14.5 Å². The van der Waals surface area contributed by atoms with Crippen LogP contribution in [0.3, 0.4) is 0 Å². The van der Waals surface area contributed by atoms with Gasteiger partial charge in [0.1, 0.15) is 0 Å². The van der Waals surface area contributed by atoms with Gasteiger partial charge < -0.3 is 0 Å². The molecule has 4 aromatic heterocycles. The van der Waals surface area contributed by atoms with Crippen LogP contribution in [0.25, 0.3) is 79.5 Å². The molecule has 0 saturated carbocycles. The molecule has 0 fully saturated rings. The third-order valence-electron chi connectivity index (χ3n) is 7.35. The maximum Gasteiger partial charge on any atom is 0.235 e. The molecule has 5 heteroatoms. The number of hydrogen-bond donors (Lipinski definition) is 0. The standard InChI is InChI=1S/C34H19N3S2/c1-2-10-20(11-3-1)30-23-13-4-7-15-26(23)35-34(36-30)37-27-16-8-5-12-21(27)22-18-19-25-29-24-14-6-9-17-28(24)38-33(29)39-32(25)31(22)37/h1-19H/i1D,2D,3D,10D,11D. The number of thiophene rings is 2. The lowest BCUT2D eigenvalue weighted by molar-refractivity contribution is 1.02. The van der Waals surface area contributed by atoms with E-state index in [-0.39, 0.29) is 17.6 Å². The molecule has 39 heavy (non-hydrogen) atoms. The highest BCUT2D eigenvalue weighted by molar-refractivity contribution is 7.45. The van der Waals surface area contributed by atoms with Crippen LogP contribution in [0.2, 0.25) is 0 Å². The van der Waals surface area contributed by atoms with Crippen LogP contribution in [0.1, 0.15) is 6.85 Å². The van der Waals surface area contributed by atoms with E-state index in [1.165, 1.54) is 24.9 Å². The molecule has 0 saturated heterocycles. The number of nitrogens with zero attached hydrogens (tertiary/aromatic N) is 3. The zero-order chi connectivity index (χ0) is 29.9. The van der Waals surface area contributed by atoms with Gasteiger partial charge in [-0.3, -0.25) is 4.57 Å². The van der Waals surface area contributed by atoms with Crippen molar-refractivity contribution in [3.8, 4) is 17.2 Å². The Kier molecular flexibility index (Phi) is 3.49. The van der Waals surface area contributed by atoms with Crippen molar-refractivity contribution in [3.63, 3.8) is 0 Å². The van der Waals surface area contributed by atoms with Crippen molar-refractivity contribution in [2.24, 2.45) is 0 Å². The Labute approximate surface area is 238 Å². The van der Waals surface area contributed by atoms with Crippen molar-refractivity contribution < 1.29 is 6.85 Å². The van der Waals surface area contributed by atoms with E-state index in [1.54, 1.807) is 22.7 Å². The average Bonchev–Trinajstić information content (AvgIpc) is 3.70. The van der Waals surface area contributed by atoms with Gasteiger partial charge in [-0.1, -0.05) is 96.9 Å². The SMILES string of the molecule is [2H]c1c([2H])c([2H])c(-c2nc(-n3c4ccccc4c4ccc5c(sc6sc7ccccc7c65)c43)nc3ccccc23)c([2H])c1[2H]. The predicted octanol–water partition coefficient (Wildman–Crippen LogP) is 9.98. The van der Waals surface area contributed by atoms with Crippen LogP contribution >= 0.6 is 22.7 Å². The Balaban J connectivity index is 1.45. The van der Waals surface area contributed by atoms with Crippen LogP contribution in [0, 0.1) is 0 Å². The van der Waals surface area contributed by atoms with Crippen molar-refractivity contribution in [2.75, 3.05) is 0 Å². The molecule has 0 spiro atoms. The lowest BCUT2D eigenvalue weighted by atomic mass is 10.1. The molecule has 0 N–H and O–H groups in total. The summed E-state index contributed by atoms with van der Waals surface area (Å²) in [7, 11) is 0. The number of benzene rings is 5. The van der Waals surface area contributed by atoms with Crippen molar-refractivity contribution in [1.29, 1.82) is 0 Å². The van der Waals surface area contributed by atoms with Gasteiger partial charge in [-0.2, -0.15) is 0 Å². The fourth-order valence-electron chi connectivity index (χ4n) is 5.70. The lowest BCUT2D eigenvalue weighted by Gasteiger charge is -2.12. The highest BCUT2D eigenvalue weighted by Gasteiger charge is 2.21. The van der Waals surface area contributed by atoms with Crippen LogP contribution in [-0.4, -0.2) is 14.5 Å². The maximum absolute atomic E-state index is 8.74. The van der Waals surface area contributed by atoms with Crippen LogP contribution in [0.15, 0.2) is 115 Å². The molecule has 182 valence electrons. The molecule has 0 aliphatic carbocycles. The molecule has 9 rings (SSSR count). The summed E-state index contributed by atoms with van der Waals surface area (Å²) >= 11 is 3.57. The second kappa shape index (κ2) is 7.96. The van der Waals surface area contributed by atoms with Crippen LogP contribution < -0.4 is 0 Å². The highest BCUT2D eigenvalue weighted by Crippen LogP contribution is 2.48. The molecule has 0 radical (unpaired) electrons. The zero-order valence-electron chi connectivity index (χ0n) is 25.2. The Morgan fingerprint density at radius 3 is 2.28 bits per heavy atom. The van der Waals surface area contributed by atoms with E-state index in [2.05, 4.69) is 53.1 Å². The molecular weight excluding hydrogens is 515 g/mol. The fraction of sp³-hybridized carbons (Fsp3) is 0. The molecule has 9 aromatic rings. The lowest BCUT2D eigenvalue weighted by Crippen LogP contribution is -2.03. The molecular formula is C34H19N3S2. The summed E-state index contributed by atoms with van der Waals surface area (Å²) in [5.41, 5.74) is 2.90. The van der Waals surface area contributed by atoms with E-state index in [1.807, 2.05) is 36.4 Å². The minimum atomic E-state index is -0.433. The minimum absolute atomic E-state index is 0.0601. The van der Waals surface area contributed by atoms with Crippen LogP contribution in [-0.2, 0) is 0 Å². The first-order valence-corrected chi connectivity index (χ1v) is 14.2. The monoisotopic (exact) mass is 538 g/mol. The third kappa shape index (κ3) is 2.97. The van der Waals surface area contributed by atoms with Crippen LogP contribution in [0.5, 0.6) is 0 Å². The summed E-state index contributed by atoms with van der Waals surface area (Å²) in [5, 5.41) is 6.42. The summed E-state index contributed by atoms with van der Waals surface area (Å²) in [6.07, 6.45) is 0. The molecule has 0 aliphatic rings. The van der Waals surface area contributed by atoms with E-state index in [0.717, 1.165) is 26.5 Å². The Hall–Kier alpha value is -4.58. The fourth-order valence-corrected chi connectivity index (χ4v) is 8.42. The molecule has 0 aliphatic heterocycles. The Bertz CT molecular complexity index is 2660. The number of fused-ring (bicyclic) bond motifs is 10. The topological polar surface area (TPSA) is 30.7 Å². The molecule has 0 atom stereocenters. The Morgan fingerprint density at radius 2 is 1.38 bits per heavy atom.